The highest BCUT2D eigenvalue weighted by Crippen LogP contribution is 2.42. The van der Waals surface area contributed by atoms with E-state index in [9.17, 15) is 0 Å². The van der Waals surface area contributed by atoms with Gasteiger partial charge in [0.15, 0.2) is 0 Å². The van der Waals surface area contributed by atoms with Crippen LogP contribution >= 0.6 is 0 Å². The number of fused-ring (bicyclic) bond motifs is 2. The topological polar surface area (TPSA) is 3.24 Å². The Kier molecular flexibility index (Phi) is 6.67. The molecule has 0 N–H and O–H groups in total. The first kappa shape index (κ1) is 18.3. The van der Waals surface area contributed by atoms with Gasteiger partial charge >= 0.3 is 0 Å². The summed E-state index contributed by atoms with van der Waals surface area (Å²) in [7, 11) is 0. The lowest BCUT2D eigenvalue weighted by molar-refractivity contribution is 0.554. The van der Waals surface area contributed by atoms with Crippen molar-refractivity contribution in [3.05, 3.63) is 59.7 Å². The molecule has 22 heavy (non-hydrogen) atoms. The maximum atomic E-state index is 2.46. The fourth-order valence-electron chi connectivity index (χ4n) is 2.81. The van der Waals surface area contributed by atoms with Crippen molar-refractivity contribution in [1.82, 2.24) is 0 Å². The van der Waals surface area contributed by atoms with E-state index < -0.39 is 0 Å². The van der Waals surface area contributed by atoms with Crippen LogP contribution in [0.1, 0.15) is 59.6 Å². The van der Waals surface area contributed by atoms with Gasteiger partial charge < -0.3 is 4.90 Å². The zero-order valence-corrected chi connectivity index (χ0v) is 15.3. The van der Waals surface area contributed by atoms with Crippen molar-refractivity contribution in [2.24, 2.45) is 0 Å². The maximum absolute atomic E-state index is 2.46. The Morgan fingerprint density at radius 1 is 0.682 bits per heavy atom. The van der Waals surface area contributed by atoms with Crippen LogP contribution < -0.4 is 4.90 Å². The SMILES string of the molecule is CC.CC.CC(C)(C)N1c2ccccc2Cc2ccccc21. The second-order valence-corrected chi connectivity index (χ2v) is 5.94. The van der Waals surface area contributed by atoms with Crippen LogP contribution in [0.2, 0.25) is 0 Å². The van der Waals surface area contributed by atoms with E-state index in [1.807, 2.05) is 27.7 Å². The Bertz CT molecular complexity index is 533. The van der Waals surface area contributed by atoms with Gasteiger partial charge in [0.2, 0.25) is 0 Å². The van der Waals surface area contributed by atoms with Crippen molar-refractivity contribution >= 4 is 11.4 Å². The van der Waals surface area contributed by atoms with Crippen molar-refractivity contribution in [1.29, 1.82) is 0 Å². The molecule has 1 nitrogen and oxygen atoms in total. The Labute approximate surface area is 137 Å². The van der Waals surface area contributed by atoms with E-state index in [1.165, 1.54) is 22.5 Å². The molecule has 0 radical (unpaired) electrons. The average molecular weight is 297 g/mol. The van der Waals surface area contributed by atoms with Crippen molar-refractivity contribution < 1.29 is 0 Å². The Hall–Kier alpha value is -1.76. The third kappa shape index (κ3) is 3.71. The molecule has 0 atom stereocenters. The molecule has 0 saturated heterocycles. The van der Waals surface area contributed by atoms with E-state index in [0.717, 1.165) is 6.42 Å². The predicted molar refractivity (Wildman–Crippen MR) is 100 cm³/mol. The molecule has 2 aromatic rings. The highest BCUT2D eigenvalue weighted by atomic mass is 15.2. The lowest BCUT2D eigenvalue weighted by Crippen LogP contribution is -2.40. The largest absolute Gasteiger partial charge is 0.336 e. The summed E-state index contributed by atoms with van der Waals surface area (Å²) in [5.41, 5.74) is 5.64. The number of rotatable bonds is 0. The molecule has 0 aromatic heterocycles. The third-order valence-corrected chi connectivity index (χ3v) is 3.52. The van der Waals surface area contributed by atoms with Crippen LogP contribution in [0.5, 0.6) is 0 Å². The van der Waals surface area contributed by atoms with Crippen LogP contribution in [-0.4, -0.2) is 5.54 Å². The van der Waals surface area contributed by atoms with Gasteiger partial charge in [-0.2, -0.15) is 0 Å². The summed E-state index contributed by atoms with van der Waals surface area (Å²) in [5, 5.41) is 0. The molecule has 3 rings (SSSR count). The first-order valence-electron chi connectivity index (χ1n) is 8.53. The van der Waals surface area contributed by atoms with E-state index >= 15 is 0 Å². The van der Waals surface area contributed by atoms with Crippen LogP contribution in [0.15, 0.2) is 48.5 Å². The smallest absolute Gasteiger partial charge is 0.0451 e. The monoisotopic (exact) mass is 297 g/mol. The van der Waals surface area contributed by atoms with Gasteiger partial charge in [-0.15, -0.1) is 0 Å². The summed E-state index contributed by atoms with van der Waals surface area (Å²) < 4.78 is 0. The summed E-state index contributed by atoms with van der Waals surface area (Å²) in [6, 6.07) is 17.5. The van der Waals surface area contributed by atoms with Crippen molar-refractivity contribution in [3.8, 4) is 0 Å². The highest BCUT2D eigenvalue weighted by molar-refractivity contribution is 5.75. The van der Waals surface area contributed by atoms with E-state index in [1.54, 1.807) is 0 Å². The van der Waals surface area contributed by atoms with E-state index in [-0.39, 0.29) is 5.54 Å². The molecule has 1 heterocycles. The van der Waals surface area contributed by atoms with Crippen molar-refractivity contribution in [2.45, 2.75) is 60.4 Å². The Morgan fingerprint density at radius 3 is 1.41 bits per heavy atom. The predicted octanol–water partition coefficient (Wildman–Crippen LogP) is 6.58. The van der Waals surface area contributed by atoms with Gasteiger partial charge in [0.1, 0.15) is 0 Å². The molecule has 1 aliphatic heterocycles. The van der Waals surface area contributed by atoms with Gasteiger partial charge in [-0.25, -0.2) is 0 Å². The van der Waals surface area contributed by atoms with Gasteiger partial charge in [0.25, 0.3) is 0 Å². The minimum Gasteiger partial charge on any atom is -0.336 e. The van der Waals surface area contributed by atoms with Crippen LogP contribution in [0, 0.1) is 0 Å². The molecule has 0 spiro atoms. The molecular formula is C21H31N. The van der Waals surface area contributed by atoms with Crippen LogP contribution in [0.4, 0.5) is 11.4 Å². The van der Waals surface area contributed by atoms with E-state index in [2.05, 4.69) is 74.2 Å². The number of hydrogen-bond acceptors (Lipinski definition) is 1. The molecule has 1 heteroatoms. The maximum Gasteiger partial charge on any atom is 0.0451 e. The second kappa shape index (κ2) is 8.03. The summed E-state index contributed by atoms with van der Waals surface area (Å²) in [5.74, 6) is 0. The second-order valence-electron chi connectivity index (χ2n) is 5.94. The molecular weight excluding hydrogens is 266 g/mol. The molecule has 0 fully saturated rings. The van der Waals surface area contributed by atoms with Gasteiger partial charge in [0.05, 0.1) is 0 Å². The summed E-state index contributed by atoms with van der Waals surface area (Å²) in [6.07, 6.45) is 1.04. The molecule has 0 saturated carbocycles. The first-order chi connectivity index (χ1) is 10.6. The number of anilines is 2. The number of benzene rings is 2. The van der Waals surface area contributed by atoms with Gasteiger partial charge in [-0.3, -0.25) is 0 Å². The first-order valence-corrected chi connectivity index (χ1v) is 8.53. The third-order valence-electron chi connectivity index (χ3n) is 3.52. The fourth-order valence-corrected chi connectivity index (χ4v) is 2.81. The molecule has 2 aromatic carbocycles. The standard InChI is InChI=1S/C17H19N.2C2H6/c1-17(2,3)18-15-10-6-4-8-13(15)12-14-9-5-7-11-16(14)18;2*1-2/h4-11H,12H2,1-3H3;2*1-2H3. The zero-order chi connectivity index (χ0) is 16.8. The molecule has 0 aliphatic carbocycles. The number of nitrogens with zero attached hydrogens (tertiary/aromatic N) is 1. The van der Waals surface area contributed by atoms with Crippen LogP contribution in [-0.2, 0) is 6.42 Å². The molecule has 0 bridgehead atoms. The van der Waals surface area contributed by atoms with E-state index in [0.29, 0.717) is 0 Å². The summed E-state index contributed by atoms with van der Waals surface area (Å²) >= 11 is 0. The highest BCUT2D eigenvalue weighted by Gasteiger charge is 2.29. The lowest BCUT2D eigenvalue weighted by atomic mass is 9.91. The molecule has 120 valence electrons. The minimum atomic E-state index is 0.0899. The van der Waals surface area contributed by atoms with Gasteiger partial charge in [-0.05, 0) is 44.0 Å². The normalized spacial score (nSPS) is 12.0. The van der Waals surface area contributed by atoms with Crippen molar-refractivity contribution in [2.75, 3.05) is 4.90 Å². The number of para-hydroxylation sites is 2. The molecule has 0 amide bonds. The summed E-state index contributed by atoms with van der Waals surface area (Å²) in [6.45, 7) is 14.8. The minimum absolute atomic E-state index is 0.0899. The van der Waals surface area contributed by atoms with Crippen LogP contribution in [0.25, 0.3) is 0 Å². The molecule has 0 unspecified atom stereocenters. The zero-order valence-electron chi connectivity index (χ0n) is 15.3. The molecule has 1 aliphatic rings. The average Bonchev–Trinajstić information content (AvgIpc) is 2.55. The Morgan fingerprint density at radius 2 is 1.05 bits per heavy atom. The Balaban J connectivity index is 0.000000561. The summed E-state index contributed by atoms with van der Waals surface area (Å²) in [4.78, 5) is 2.46. The lowest BCUT2D eigenvalue weighted by Gasteiger charge is -2.42. The van der Waals surface area contributed by atoms with E-state index in [4.69, 9.17) is 0 Å². The quantitative estimate of drug-likeness (QED) is 0.531. The van der Waals surface area contributed by atoms with Crippen molar-refractivity contribution in [3.63, 3.8) is 0 Å². The van der Waals surface area contributed by atoms with Gasteiger partial charge in [-0.1, -0.05) is 64.1 Å². The number of hydrogen-bond donors (Lipinski definition) is 0. The van der Waals surface area contributed by atoms with Gasteiger partial charge in [0, 0.05) is 23.3 Å². The van der Waals surface area contributed by atoms with Crippen LogP contribution in [0.3, 0.4) is 0 Å². The fraction of sp³-hybridized carbons (Fsp3) is 0.429.